The summed E-state index contributed by atoms with van der Waals surface area (Å²) in [6, 6.07) is 5.58. The van der Waals surface area contributed by atoms with E-state index in [1.54, 1.807) is 12.3 Å². The predicted octanol–water partition coefficient (Wildman–Crippen LogP) is 3.18. The normalized spacial score (nSPS) is 10.8. The molecule has 7 heteroatoms. The number of carbonyl (C=O) groups excluding carboxylic acids is 1. The lowest BCUT2D eigenvalue weighted by Crippen LogP contribution is -2.04. The number of carbonyl (C=O) groups is 1. The third kappa shape index (κ3) is 2.37. The molecule has 0 aliphatic heterocycles. The number of nitrogens with zero attached hydrogens (tertiary/aromatic N) is 2. The fraction of sp³-hybridized carbons (Fsp3) is 0.154. The zero-order chi connectivity index (χ0) is 14.1. The van der Waals surface area contributed by atoms with E-state index in [1.165, 1.54) is 22.7 Å². The summed E-state index contributed by atoms with van der Waals surface area (Å²) in [6.45, 7) is 2.11. The largest absolute Gasteiger partial charge is 0.461 e. The minimum atomic E-state index is -0.402. The minimum Gasteiger partial charge on any atom is -0.461 e. The molecule has 0 saturated heterocycles. The molecule has 3 rings (SSSR count). The van der Waals surface area contributed by atoms with Gasteiger partial charge in [0, 0.05) is 11.1 Å². The lowest BCUT2D eigenvalue weighted by molar-refractivity contribution is 0.0520. The Morgan fingerprint density at radius 1 is 1.35 bits per heavy atom. The van der Waals surface area contributed by atoms with Gasteiger partial charge in [-0.05, 0) is 25.1 Å². The number of ether oxygens (including phenoxy) is 1. The van der Waals surface area contributed by atoms with Gasteiger partial charge in [-0.1, -0.05) is 0 Å². The van der Waals surface area contributed by atoms with Crippen molar-refractivity contribution in [2.45, 2.75) is 6.92 Å². The number of esters is 1. The van der Waals surface area contributed by atoms with Gasteiger partial charge in [-0.3, -0.25) is 0 Å². The number of nitrogens with two attached hydrogens (primary N) is 1. The number of rotatable bonds is 3. The Hall–Kier alpha value is -1.99. The third-order valence-corrected chi connectivity index (χ3v) is 4.59. The van der Waals surface area contributed by atoms with Gasteiger partial charge in [0.2, 0.25) is 0 Å². The first-order valence-corrected chi connectivity index (χ1v) is 7.66. The molecule has 0 aliphatic carbocycles. The lowest BCUT2D eigenvalue weighted by Gasteiger charge is -1.95. The summed E-state index contributed by atoms with van der Waals surface area (Å²) in [5.74, 6) is -0.402. The Morgan fingerprint density at radius 3 is 3.00 bits per heavy atom. The molecular weight excluding hydrogens is 294 g/mol. The van der Waals surface area contributed by atoms with Crippen LogP contribution in [0, 0.1) is 0 Å². The van der Waals surface area contributed by atoms with Crippen LogP contribution < -0.4 is 5.73 Å². The van der Waals surface area contributed by atoms with Gasteiger partial charge in [0.05, 0.1) is 16.8 Å². The second-order valence-corrected chi connectivity index (χ2v) is 5.89. The summed E-state index contributed by atoms with van der Waals surface area (Å²) in [4.78, 5) is 20.4. The molecular formula is C13H11N3O2S2. The van der Waals surface area contributed by atoms with E-state index in [2.05, 4.69) is 9.97 Å². The van der Waals surface area contributed by atoms with Gasteiger partial charge in [-0.15, -0.1) is 22.7 Å². The molecule has 20 heavy (non-hydrogen) atoms. The maximum absolute atomic E-state index is 11.6. The van der Waals surface area contributed by atoms with E-state index in [1.807, 2.05) is 18.2 Å². The van der Waals surface area contributed by atoms with Crippen molar-refractivity contribution < 1.29 is 9.53 Å². The molecule has 0 fully saturated rings. The molecule has 3 aromatic rings. The van der Waals surface area contributed by atoms with Crippen LogP contribution in [0.5, 0.6) is 0 Å². The summed E-state index contributed by atoms with van der Waals surface area (Å²) < 4.78 is 5.93. The van der Waals surface area contributed by atoms with E-state index in [4.69, 9.17) is 10.5 Å². The molecule has 0 bridgehead atoms. The molecule has 2 heterocycles. The highest BCUT2D eigenvalue weighted by Crippen LogP contribution is 2.32. The van der Waals surface area contributed by atoms with E-state index in [-0.39, 0.29) is 0 Å². The van der Waals surface area contributed by atoms with Crippen molar-refractivity contribution in [2.24, 2.45) is 0 Å². The molecule has 0 spiro atoms. The highest BCUT2D eigenvalue weighted by atomic mass is 32.1. The van der Waals surface area contributed by atoms with E-state index in [9.17, 15) is 4.79 Å². The number of hydrogen-bond donors (Lipinski definition) is 1. The van der Waals surface area contributed by atoms with Gasteiger partial charge >= 0.3 is 5.97 Å². The molecule has 5 nitrogen and oxygen atoms in total. The van der Waals surface area contributed by atoms with Gasteiger partial charge in [0.1, 0.15) is 0 Å². The van der Waals surface area contributed by atoms with Crippen LogP contribution in [0.2, 0.25) is 0 Å². The first kappa shape index (κ1) is 13.0. The Morgan fingerprint density at radius 2 is 2.20 bits per heavy atom. The van der Waals surface area contributed by atoms with Crippen LogP contribution in [-0.4, -0.2) is 22.5 Å². The second-order valence-electron chi connectivity index (χ2n) is 4.00. The number of fused-ring (bicyclic) bond motifs is 1. The van der Waals surface area contributed by atoms with Crippen LogP contribution >= 0.6 is 22.7 Å². The monoisotopic (exact) mass is 305 g/mol. The number of aromatic nitrogens is 2. The fourth-order valence-corrected chi connectivity index (χ4v) is 3.54. The SMILES string of the molecule is CCOC(=O)c1csc(-c2nc3ccc(N)cc3s2)n1. The van der Waals surface area contributed by atoms with E-state index < -0.39 is 5.97 Å². The summed E-state index contributed by atoms with van der Waals surface area (Å²) in [5, 5.41) is 3.19. The van der Waals surface area contributed by atoms with E-state index in [0.29, 0.717) is 23.0 Å². The molecule has 0 radical (unpaired) electrons. The molecule has 0 unspecified atom stereocenters. The number of nitrogen functional groups attached to an aromatic ring is 1. The number of thiazole rings is 2. The molecule has 2 N–H and O–H groups in total. The van der Waals surface area contributed by atoms with Crippen LogP contribution in [0.4, 0.5) is 5.69 Å². The Kier molecular flexibility index (Phi) is 3.37. The number of hydrogen-bond acceptors (Lipinski definition) is 7. The summed E-state index contributed by atoms with van der Waals surface area (Å²) in [7, 11) is 0. The molecule has 102 valence electrons. The van der Waals surface area contributed by atoms with Crippen molar-refractivity contribution in [1.29, 1.82) is 0 Å². The summed E-state index contributed by atoms with van der Waals surface area (Å²) in [5.41, 5.74) is 7.67. The zero-order valence-corrected chi connectivity index (χ0v) is 12.3. The minimum absolute atomic E-state index is 0.325. The zero-order valence-electron chi connectivity index (χ0n) is 10.6. The highest BCUT2D eigenvalue weighted by molar-refractivity contribution is 7.25. The maximum atomic E-state index is 11.6. The number of benzene rings is 1. The first-order valence-electron chi connectivity index (χ1n) is 5.96. The second kappa shape index (κ2) is 5.18. The van der Waals surface area contributed by atoms with Crippen molar-refractivity contribution >= 4 is 44.5 Å². The molecule has 0 atom stereocenters. The van der Waals surface area contributed by atoms with Crippen molar-refractivity contribution in [2.75, 3.05) is 12.3 Å². The smallest absolute Gasteiger partial charge is 0.357 e. The topological polar surface area (TPSA) is 78.1 Å². The molecule has 2 aromatic heterocycles. The standard InChI is InChI=1S/C13H11N3O2S2/c1-2-18-13(17)9-6-19-11(16-9)12-15-8-4-3-7(14)5-10(8)20-12/h3-6H,2,14H2,1H3. The van der Waals surface area contributed by atoms with Gasteiger partial charge in [-0.2, -0.15) is 0 Å². The highest BCUT2D eigenvalue weighted by Gasteiger charge is 2.15. The van der Waals surface area contributed by atoms with Gasteiger partial charge in [-0.25, -0.2) is 14.8 Å². The average Bonchev–Trinajstić information content (AvgIpc) is 3.04. The molecule has 0 saturated carbocycles. The summed E-state index contributed by atoms with van der Waals surface area (Å²) >= 11 is 2.89. The van der Waals surface area contributed by atoms with E-state index in [0.717, 1.165) is 15.2 Å². The van der Waals surface area contributed by atoms with E-state index >= 15 is 0 Å². The Bertz CT molecular complexity index is 779. The van der Waals surface area contributed by atoms with Crippen molar-refractivity contribution in [3.63, 3.8) is 0 Å². The number of anilines is 1. The molecule has 1 aromatic carbocycles. The van der Waals surface area contributed by atoms with Gasteiger partial charge in [0.25, 0.3) is 0 Å². The lowest BCUT2D eigenvalue weighted by atomic mass is 10.3. The fourth-order valence-electron chi connectivity index (χ4n) is 1.70. The van der Waals surface area contributed by atoms with Crippen molar-refractivity contribution in [3.8, 4) is 10.0 Å². The van der Waals surface area contributed by atoms with Crippen LogP contribution in [0.25, 0.3) is 20.2 Å². The molecule has 0 amide bonds. The first-order chi connectivity index (χ1) is 9.67. The van der Waals surface area contributed by atoms with Crippen molar-refractivity contribution in [3.05, 3.63) is 29.3 Å². The van der Waals surface area contributed by atoms with Crippen LogP contribution in [0.15, 0.2) is 23.6 Å². The molecule has 0 aliphatic rings. The Labute approximate surface area is 123 Å². The predicted molar refractivity (Wildman–Crippen MR) is 81.1 cm³/mol. The quantitative estimate of drug-likeness (QED) is 0.594. The Balaban J connectivity index is 1.96. The summed E-state index contributed by atoms with van der Waals surface area (Å²) in [6.07, 6.45) is 0. The van der Waals surface area contributed by atoms with Crippen LogP contribution in [-0.2, 0) is 4.74 Å². The van der Waals surface area contributed by atoms with Gasteiger partial charge in [0.15, 0.2) is 15.7 Å². The average molecular weight is 305 g/mol. The van der Waals surface area contributed by atoms with Crippen LogP contribution in [0.3, 0.4) is 0 Å². The van der Waals surface area contributed by atoms with Gasteiger partial charge < -0.3 is 10.5 Å². The maximum Gasteiger partial charge on any atom is 0.357 e. The van der Waals surface area contributed by atoms with Crippen molar-refractivity contribution in [1.82, 2.24) is 9.97 Å². The van der Waals surface area contributed by atoms with Crippen LogP contribution in [0.1, 0.15) is 17.4 Å². The third-order valence-electron chi connectivity index (χ3n) is 2.58.